The average Bonchev–Trinajstić information content (AvgIpc) is 3.34. The highest BCUT2D eigenvalue weighted by atomic mass is 32.1. The molecule has 3 aromatic rings. The third-order valence-electron chi connectivity index (χ3n) is 5.12. The van der Waals surface area contributed by atoms with Crippen LogP contribution in [0.3, 0.4) is 0 Å². The first-order valence-electron chi connectivity index (χ1n) is 9.51. The number of aromatic amines is 1. The molecule has 3 rings (SSSR count). The number of esters is 1. The Morgan fingerprint density at radius 1 is 1.10 bits per heavy atom. The van der Waals surface area contributed by atoms with Crippen molar-refractivity contribution < 1.29 is 14.3 Å². The lowest BCUT2D eigenvalue weighted by Gasteiger charge is -2.22. The summed E-state index contributed by atoms with van der Waals surface area (Å²) < 4.78 is 4.85. The Labute approximate surface area is 175 Å². The van der Waals surface area contributed by atoms with Crippen molar-refractivity contribution in [3.8, 4) is 0 Å². The second-order valence-corrected chi connectivity index (χ2v) is 8.21. The lowest BCUT2D eigenvalue weighted by molar-refractivity contribution is 0.0599. The molecule has 2 aromatic heterocycles. The number of nitrogens with one attached hydrogen (secondary N) is 2. The highest BCUT2D eigenvalue weighted by Crippen LogP contribution is 2.28. The zero-order valence-corrected chi connectivity index (χ0v) is 18.1. The smallest absolute Gasteiger partial charge is 0.339 e. The first-order valence-corrected chi connectivity index (χ1v) is 10.4. The number of ether oxygens (including phenoxy) is 1. The molecule has 0 saturated heterocycles. The lowest BCUT2D eigenvalue weighted by atomic mass is 10.0. The Kier molecular flexibility index (Phi) is 6.35. The number of thiophene rings is 1. The maximum Gasteiger partial charge on any atom is 0.339 e. The summed E-state index contributed by atoms with van der Waals surface area (Å²) >= 11 is 1.65. The van der Waals surface area contributed by atoms with Gasteiger partial charge >= 0.3 is 5.97 Å². The third-order valence-corrected chi connectivity index (χ3v) is 6.06. The van der Waals surface area contributed by atoms with Crippen LogP contribution in [-0.4, -0.2) is 29.9 Å². The van der Waals surface area contributed by atoms with Gasteiger partial charge in [-0.15, -0.1) is 11.3 Å². The van der Waals surface area contributed by atoms with Crippen LogP contribution in [0.1, 0.15) is 61.1 Å². The van der Waals surface area contributed by atoms with Crippen LogP contribution in [-0.2, 0) is 4.74 Å². The van der Waals surface area contributed by atoms with Gasteiger partial charge < -0.3 is 9.72 Å². The molecule has 152 valence electrons. The Morgan fingerprint density at radius 3 is 2.38 bits per heavy atom. The molecule has 0 aliphatic rings. The van der Waals surface area contributed by atoms with Gasteiger partial charge in [-0.05, 0) is 50.3 Å². The molecule has 2 N–H and O–H groups in total. The van der Waals surface area contributed by atoms with Gasteiger partial charge in [0.05, 0.1) is 30.5 Å². The monoisotopic (exact) mass is 410 g/mol. The van der Waals surface area contributed by atoms with E-state index in [1.807, 2.05) is 18.4 Å². The molecule has 0 radical (unpaired) electrons. The van der Waals surface area contributed by atoms with E-state index in [0.717, 1.165) is 10.4 Å². The van der Waals surface area contributed by atoms with Crippen LogP contribution in [0.4, 0.5) is 0 Å². The maximum absolute atomic E-state index is 13.2. The molecule has 5 nitrogen and oxygen atoms in total. The third kappa shape index (κ3) is 4.33. The topological polar surface area (TPSA) is 71.2 Å². The summed E-state index contributed by atoms with van der Waals surface area (Å²) in [7, 11) is 1.34. The van der Waals surface area contributed by atoms with Crippen molar-refractivity contribution in [2.45, 2.75) is 39.8 Å². The van der Waals surface area contributed by atoms with Gasteiger partial charge in [-0.2, -0.15) is 0 Å². The number of aryl methyl sites for hydroxylation is 2. The molecule has 0 unspecified atom stereocenters. The van der Waals surface area contributed by atoms with E-state index >= 15 is 0 Å². The zero-order valence-electron chi connectivity index (χ0n) is 17.3. The first kappa shape index (κ1) is 21.0. The van der Waals surface area contributed by atoms with Gasteiger partial charge in [0.15, 0.2) is 5.78 Å². The number of hydrogen-bond acceptors (Lipinski definition) is 5. The largest absolute Gasteiger partial charge is 0.465 e. The summed E-state index contributed by atoms with van der Waals surface area (Å²) in [5.41, 5.74) is 4.42. The zero-order chi connectivity index (χ0) is 21.1. The highest BCUT2D eigenvalue weighted by molar-refractivity contribution is 7.10. The Balaban J connectivity index is 1.89. The van der Waals surface area contributed by atoms with Crippen molar-refractivity contribution in [1.29, 1.82) is 0 Å². The van der Waals surface area contributed by atoms with Gasteiger partial charge in [0.2, 0.25) is 0 Å². The molecule has 0 aliphatic carbocycles. The van der Waals surface area contributed by atoms with Crippen LogP contribution < -0.4 is 5.32 Å². The molecule has 1 aromatic carbocycles. The van der Waals surface area contributed by atoms with Crippen LogP contribution >= 0.6 is 11.3 Å². The van der Waals surface area contributed by atoms with Gasteiger partial charge in [0.1, 0.15) is 0 Å². The molecule has 2 heterocycles. The number of benzene rings is 1. The molecular formula is C23H26N2O3S. The molecule has 0 spiro atoms. The summed E-state index contributed by atoms with van der Waals surface area (Å²) in [5, 5.41) is 5.51. The molecule has 6 heteroatoms. The van der Waals surface area contributed by atoms with Crippen molar-refractivity contribution in [2.24, 2.45) is 0 Å². The Hall–Kier alpha value is -2.70. The van der Waals surface area contributed by atoms with Crippen molar-refractivity contribution >= 4 is 23.1 Å². The fourth-order valence-corrected chi connectivity index (χ4v) is 4.32. The first-order chi connectivity index (χ1) is 13.8. The van der Waals surface area contributed by atoms with Crippen LogP contribution in [0.15, 0.2) is 41.8 Å². The van der Waals surface area contributed by atoms with E-state index in [1.165, 1.54) is 12.7 Å². The minimum Gasteiger partial charge on any atom is -0.465 e. The molecule has 29 heavy (non-hydrogen) atoms. The Bertz CT molecular complexity index is 1000. The van der Waals surface area contributed by atoms with E-state index in [1.54, 1.807) is 25.2 Å². The minimum atomic E-state index is -0.453. The van der Waals surface area contributed by atoms with Gasteiger partial charge in [-0.3, -0.25) is 10.1 Å². The molecule has 0 aliphatic heterocycles. The standard InChI is InChI=1S/C23H26N2O3S/c1-13-8-10-17(11-9-13)21(18-7-6-12-29-18)25-16(4)22(26)20-14(2)19(15(3)24-20)23(27)28-5/h6-12,16,21,24-25H,1-5H3/t16-,21-/m1/s1. The molecule has 0 fully saturated rings. The molecule has 0 bridgehead atoms. The van der Waals surface area contributed by atoms with E-state index in [0.29, 0.717) is 22.5 Å². The number of Topliss-reactive ketones (excluding diaryl/α,β-unsaturated/α-hetero) is 1. The summed E-state index contributed by atoms with van der Waals surface area (Å²) in [6, 6.07) is 11.9. The second kappa shape index (κ2) is 8.76. The predicted molar refractivity (Wildman–Crippen MR) is 116 cm³/mol. The van der Waals surface area contributed by atoms with Crippen molar-refractivity contribution in [2.75, 3.05) is 7.11 Å². The Morgan fingerprint density at radius 2 is 1.79 bits per heavy atom. The fourth-order valence-electron chi connectivity index (χ4n) is 3.50. The molecule has 0 saturated carbocycles. The number of carbonyl (C=O) groups excluding carboxylic acids is 2. The van der Waals surface area contributed by atoms with Crippen LogP contribution in [0, 0.1) is 20.8 Å². The summed E-state index contributed by atoms with van der Waals surface area (Å²) in [5.74, 6) is -0.526. The maximum atomic E-state index is 13.2. The van der Waals surface area contributed by atoms with E-state index < -0.39 is 12.0 Å². The summed E-state index contributed by atoms with van der Waals surface area (Å²) in [6.45, 7) is 7.45. The van der Waals surface area contributed by atoms with Crippen molar-refractivity contribution in [1.82, 2.24) is 10.3 Å². The second-order valence-electron chi connectivity index (χ2n) is 7.23. The number of ketones is 1. The van der Waals surface area contributed by atoms with Crippen LogP contribution in [0.25, 0.3) is 0 Å². The molecule has 2 atom stereocenters. The number of rotatable bonds is 7. The quantitative estimate of drug-likeness (QED) is 0.436. The van der Waals surface area contributed by atoms with Gasteiger partial charge in [-0.25, -0.2) is 4.79 Å². The van der Waals surface area contributed by atoms with Crippen LogP contribution in [0.5, 0.6) is 0 Å². The van der Waals surface area contributed by atoms with E-state index in [2.05, 4.69) is 47.6 Å². The van der Waals surface area contributed by atoms with Gasteiger partial charge in [0.25, 0.3) is 0 Å². The number of methoxy groups -OCH3 is 1. The minimum absolute atomic E-state index is 0.0885. The summed E-state index contributed by atoms with van der Waals surface area (Å²) in [4.78, 5) is 29.4. The normalized spacial score (nSPS) is 13.1. The SMILES string of the molecule is COC(=O)c1c(C)[nH]c(C(=O)[C@@H](C)N[C@H](c2ccc(C)cc2)c2cccs2)c1C. The number of H-pyrrole nitrogens is 1. The van der Waals surface area contributed by atoms with E-state index in [-0.39, 0.29) is 11.8 Å². The van der Waals surface area contributed by atoms with Crippen LogP contribution in [0.2, 0.25) is 0 Å². The van der Waals surface area contributed by atoms with Gasteiger partial charge in [-0.1, -0.05) is 35.9 Å². The molecular weight excluding hydrogens is 384 g/mol. The lowest BCUT2D eigenvalue weighted by Crippen LogP contribution is -2.37. The van der Waals surface area contributed by atoms with Crippen molar-refractivity contribution in [3.05, 3.63) is 80.3 Å². The van der Waals surface area contributed by atoms with Gasteiger partial charge in [0, 0.05) is 10.6 Å². The number of carbonyl (C=O) groups is 2. The summed E-state index contributed by atoms with van der Waals surface area (Å²) in [6.07, 6.45) is 0. The number of hydrogen-bond donors (Lipinski definition) is 2. The average molecular weight is 411 g/mol. The highest BCUT2D eigenvalue weighted by Gasteiger charge is 2.27. The molecule has 0 amide bonds. The van der Waals surface area contributed by atoms with E-state index in [4.69, 9.17) is 4.74 Å². The van der Waals surface area contributed by atoms with E-state index in [9.17, 15) is 9.59 Å². The predicted octanol–water partition coefficient (Wildman–Crippen LogP) is 4.74. The van der Waals surface area contributed by atoms with Crippen molar-refractivity contribution in [3.63, 3.8) is 0 Å². The fraction of sp³-hybridized carbons (Fsp3) is 0.304. The number of aromatic nitrogens is 1.